The maximum atomic E-state index is 12.2. The molecule has 2 heterocycles. The Morgan fingerprint density at radius 1 is 1.40 bits per heavy atom. The topological polar surface area (TPSA) is 74.4 Å². The summed E-state index contributed by atoms with van der Waals surface area (Å²) in [6.07, 6.45) is 3.89. The first-order valence-electron chi connectivity index (χ1n) is 8.78. The number of nitrogens with one attached hydrogen (secondary N) is 2. The number of fused-ring (bicyclic) bond motifs is 1. The Balaban J connectivity index is 1.50. The van der Waals surface area contributed by atoms with Gasteiger partial charge in [-0.1, -0.05) is 18.2 Å². The van der Waals surface area contributed by atoms with Crippen molar-refractivity contribution >= 4 is 22.7 Å². The van der Waals surface area contributed by atoms with Crippen LogP contribution in [0.2, 0.25) is 0 Å². The number of aromatic amines is 1. The van der Waals surface area contributed by atoms with Gasteiger partial charge in [0.2, 0.25) is 11.8 Å². The average molecular weight is 343 g/mol. The maximum Gasteiger partial charge on any atom is 0.225 e. The van der Waals surface area contributed by atoms with Gasteiger partial charge in [-0.05, 0) is 24.5 Å². The SMILES string of the molecule is COCCCNC(=O)C1CC(=O)N(CCc2c[nH]c3ccccc23)C1. The largest absolute Gasteiger partial charge is 0.385 e. The molecule has 25 heavy (non-hydrogen) atoms. The molecule has 1 fully saturated rings. The molecule has 1 aromatic carbocycles. The quantitative estimate of drug-likeness (QED) is 0.717. The number of hydrogen-bond donors (Lipinski definition) is 2. The summed E-state index contributed by atoms with van der Waals surface area (Å²) in [4.78, 5) is 29.4. The van der Waals surface area contributed by atoms with Crippen LogP contribution in [-0.2, 0) is 20.7 Å². The Kier molecular flexibility index (Phi) is 5.71. The molecule has 6 nitrogen and oxygen atoms in total. The maximum absolute atomic E-state index is 12.2. The zero-order chi connectivity index (χ0) is 17.6. The molecule has 3 rings (SSSR count). The number of benzene rings is 1. The zero-order valence-corrected chi connectivity index (χ0v) is 14.6. The van der Waals surface area contributed by atoms with Gasteiger partial charge < -0.3 is 19.9 Å². The van der Waals surface area contributed by atoms with Gasteiger partial charge in [-0.15, -0.1) is 0 Å². The number of ether oxygens (including phenoxy) is 1. The van der Waals surface area contributed by atoms with E-state index in [2.05, 4.69) is 16.4 Å². The lowest BCUT2D eigenvalue weighted by Crippen LogP contribution is -2.34. The van der Waals surface area contributed by atoms with E-state index in [9.17, 15) is 9.59 Å². The van der Waals surface area contributed by atoms with E-state index < -0.39 is 0 Å². The Morgan fingerprint density at radius 2 is 2.24 bits per heavy atom. The Morgan fingerprint density at radius 3 is 3.08 bits per heavy atom. The van der Waals surface area contributed by atoms with Crippen LogP contribution in [0.5, 0.6) is 0 Å². The molecule has 1 aliphatic heterocycles. The first kappa shape index (κ1) is 17.5. The van der Waals surface area contributed by atoms with Gasteiger partial charge in [0.1, 0.15) is 0 Å². The molecule has 1 unspecified atom stereocenters. The Labute approximate surface area is 147 Å². The van der Waals surface area contributed by atoms with Gasteiger partial charge in [-0.25, -0.2) is 0 Å². The van der Waals surface area contributed by atoms with Gasteiger partial charge >= 0.3 is 0 Å². The molecular formula is C19H25N3O3. The van der Waals surface area contributed by atoms with Gasteiger partial charge in [0.15, 0.2) is 0 Å². The number of carbonyl (C=O) groups is 2. The normalized spacial score (nSPS) is 17.4. The van der Waals surface area contributed by atoms with Crippen LogP contribution >= 0.6 is 0 Å². The van der Waals surface area contributed by atoms with Crippen LogP contribution in [-0.4, -0.2) is 55.0 Å². The predicted molar refractivity (Wildman–Crippen MR) is 96.2 cm³/mol. The third-order valence-corrected chi connectivity index (χ3v) is 4.74. The summed E-state index contributed by atoms with van der Waals surface area (Å²) in [7, 11) is 1.64. The van der Waals surface area contributed by atoms with Crippen LogP contribution in [0.15, 0.2) is 30.5 Å². The van der Waals surface area contributed by atoms with Crippen molar-refractivity contribution in [1.82, 2.24) is 15.2 Å². The van der Waals surface area contributed by atoms with E-state index in [4.69, 9.17) is 4.74 Å². The lowest BCUT2D eigenvalue weighted by molar-refractivity contribution is -0.129. The number of aromatic nitrogens is 1. The first-order valence-corrected chi connectivity index (χ1v) is 8.78. The number of hydrogen-bond acceptors (Lipinski definition) is 3. The van der Waals surface area contributed by atoms with Gasteiger partial charge in [0.25, 0.3) is 0 Å². The summed E-state index contributed by atoms with van der Waals surface area (Å²) in [6, 6.07) is 8.15. The molecule has 0 radical (unpaired) electrons. The Hall–Kier alpha value is -2.34. The predicted octanol–water partition coefficient (Wildman–Crippen LogP) is 1.71. The molecule has 0 spiro atoms. The third kappa shape index (κ3) is 4.20. The number of carbonyl (C=O) groups excluding carboxylic acids is 2. The molecule has 1 aliphatic rings. The molecule has 1 atom stereocenters. The van der Waals surface area contributed by atoms with Crippen LogP contribution in [0.1, 0.15) is 18.4 Å². The van der Waals surface area contributed by atoms with Crippen LogP contribution in [0, 0.1) is 5.92 Å². The molecule has 2 aromatic rings. The van der Waals surface area contributed by atoms with E-state index in [0.717, 1.165) is 18.4 Å². The molecule has 0 bridgehead atoms. The summed E-state index contributed by atoms with van der Waals surface area (Å²) in [6.45, 7) is 2.37. The molecule has 0 aliphatic carbocycles. The van der Waals surface area contributed by atoms with Crippen LogP contribution < -0.4 is 5.32 Å². The minimum Gasteiger partial charge on any atom is -0.385 e. The number of likely N-dealkylation sites (tertiary alicyclic amines) is 1. The van der Waals surface area contributed by atoms with Gasteiger partial charge in [0, 0.05) is 56.9 Å². The summed E-state index contributed by atoms with van der Waals surface area (Å²) in [5, 5.41) is 4.09. The van der Waals surface area contributed by atoms with E-state index >= 15 is 0 Å². The van der Waals surface area contributed by atoms with Crippen molar-refractivity contribution < 1.29 is 14.3 Å². The number of rotatable bonds is 8. The van der Waals surface area contributed by atoms with Crippen molar-refractivity contribution in [2.45, 2.75) is 19.3 Å². The molecule has 1 aromatic heterocycles. The highest BCUT2D eigenvalue weighted by Gasteiger charge is 2.33. The molecule has 1 saturated heterocycles. The number of para-hydroxylation sites is 1. The van der Waals surface area contributed by atoms with E-state index in [1.807, 2.05) is 24.4 Å². The number of nitrogens with zero attached hydrogens (tertiary/aromatic N) is 1. The molecule has 6 heteroatoms. The highest BCUT2D eigenvalue weighted by molar-refractivity contribution is 5.89. The number of H-pyrrole nitrogens is 1. The minimum atomic E-state index is -0.238. The second kappa shape index (κ2) is 8.16. The summed E-state index contributed by atoms with van der Waals surface area (Å²) < 4.78 is 4.96. The first-order chi connectivity index (χ1) is 12.2. The molecule has 0 saturated carbocycles. The number of amides is 2. The fourth-order valence-electron chi connectivity index (χ4n) is 3.33. The lowest BCUT2D eigenvalue weighted by Gasteiger charge is -2.16. The molecule has 134 valence electrons. The van der Waals surface area contributed by atoms with Crippen LogP contribution in [0.4, 0.5) is 0 Å². The summed E-state index contributed by atoms with van der Waals surface area (Å²) in [5.74, 6) is -0.200. The summed E-state index contributed by atoms with van der Waals surface area (Å²) >= 11 is 0. The molecule has 2 N–H and O–H groups in total. The van der Waals surface area contributed by atoms with Crippen molar-refractivity contribution in [2.75, 3.05) is 33.4 Å². The van der Waals surface area contributed by atoms with Gasteiger partial charge in [-0.2, -0.15) is 0 Å². The van der Waals surface area contributed by atoms with E-state index in [1.54, 1.807) is 12.0 Å². The average Bonchev–Trinajstić information content (AvgIpc) is 3.20. The van der Waals surface area contributed by atoms with Crippen LogP contribution in [0.3, 0.4) is 0 Å². The zero-order valence-electron chi connectivity index (χ0n) is 14.6. The van der Waals surface area contributed by atoms with E-state index in [-0.39, 0.29) is 17.7 Å². The lowest BCUT2D eigenvalue weighted by atomic mass is 10.1. The van der Waals surface area contributed by atoms with Crippen molar-refractivity contribution in [3.8, 4) is 0 Å². The van der Waals surface area contributed by atoms with Crippen molar-refractivity contribution in [1.29, 1.82) is 0 Å². The molecular weight excluding hydrogens is 318 g/mol. The van der Waals surface area contributed by atoms with E-state index in [1.165, 1.54) is 10.9 Å². The fraction of sp³-hybridized carbons (Fsp3) is 0.474. The monoisotopic (exact) mass is 343 g/mol. The second-order valence-corrected chi connectivity index (χ2v) is 6.49. The smallest absolute Gasteiger partial charge is 0.225 e. The second-order valence-electron chi connectivity index (χ2n) is 6.49. The highest BCUT2D eigenvalue weighted by atomic mass is 16.5. The van der Waals surface area contributed by atoms with Crippen molar-refractivity contribution in [3.05, 3.63) is 36.0 Å². The van der Waals surface area contributed by atoms with Crippen LogP contribution in [0.25, 0.3) is 10.9 Å². The standard InChI is InChI=1S/C19H25N3O3/c1-25-10-4-8-20-19(24)15-11-18(23)22(13-15)9-7-14-12-21-17-6-3-2-5-16(14)17/h2-3,5-6,12,15,21H,4,7-11,13H2,1H3,(H,20,24). The third-order valence-electron chi connectivity index (χ3n) is 4.74. The minimum absolute atomic E-state index is 0.0287. The van der Waals surface area contributed by atoms with E-state index in [0.29, 0.717) is 32.7 Å². The summed E-state index contributed by atoms with van der Waals surface area (Å²) in [5.41, 5.74) is 2.31. The Bertz CT molecular complexity index is 740. The number of methoxy groups -OCH3 is 1. The van der Waals surface area contributed by atoms with Gasteiger partial charge in [-0.3, -0.25) is 9.59 Å². The highest BCUT2D eigenvalue weighted by Crippen LogP contribution is 2.21. The molecule has 2 amide bonds. The van der Waals surface area contributed by atoms with Crippen molar-refractivity contribution in [2.24, 2.45) is 5.92 Å². The van der Waals surface area contributed by atoms with Gasteiger partial charge in [0.05, 0.1) is 5.92 Å². The van der Waals surface area contributed by atoms with Crippen molar-refractivity contribution in [3.63, 3.8) is 0 Å². The fourth-order valence-corrected chi connectivity index (χ4v) is 3.33.